The van der Waals surface area contributed by atoms with Crippen LogP contribution in [0, 0.1) is 0 Å². The fourth-order valence-electron chi connectivity index (χ4n) is 2.03. The molecule has 0 spiro atoms. The standard InChI is InChI=1S/C16H20N2O3S/c1-11(22-2)12-5-3-6-13(9-12)17-16(20)18-14(10-19)15-7-4-8-21-15/h3-9,11,14,19H,10H2,1-2H3,(H2,17,18,20). The van der Waals surface area contributed by atoms with Crippen LogP contribution in [0.1, 0.15) is 29.5 Å². The molecule has 5 nitrogen and oxygen atoms in total. The van der Waals surface area contributed by atoms with Gasteiger partial charge in [-0.3, -0.25) is 0 Å². The Bertz CT molecular complexity index is 601. The molecule has 0 aliphatic rings. The zero-order valence-corrected chi connectivity index (χ0v) is 13.4. The van der Waals surface area contributed by atoms with Crippen molar-refractivity contribution in [1.29, 1.82) is 0 Å². The van der Waals surface area contributed by atoms with Gasteiger partial charge in [-0.05, 0) is 43.0 Å². The largest absolute Gasteiger partial charge is 0.467 e. The van der Waals surface area contributed by atoms with Crippen LogP contribution in [0.25, 0.3) is 0 Å². The molecule has 0 saturated heterocycles. The Kier molecular flexibility index (Phi) is 5.91. The van der Waals surface area contributed by atoms with Crippen LogP contribution < -0.4 is 10.6 Å². The quantitative estimate of drug-likeness (QED) is 0.761. The smallest absolute Gasteiger partial charge is 0.319 e. The molecule has 1 heterocycles. The van der Waals surface area contributed by atoms with Crippen LogP contribution in [0.5, 0.6) is 0 Å². The summed E-state index contributed by atoms with van der Waals surface area (Å²) in [6, 6.07) is 10.2. The lowest BCUT2D eigenvalue weighted by molar-refractivity contribution is 0.215. The van der Waals surface area contributed by atoms with E-state index in [9.17, 15) is 9.90 Å². The van der Waals surface area contributed by atoms with Gasteiger partial charge in [-0.15, -0.1) is 0 Å². The molecular formula is C16H20N2O3S. The van der Waals surface area contributed by atoms with Crippen LogP contribution in [0.15, 0.2) is 47.1 Å². The Labute approximate surface area is 134 Å². The van der Waals surface area contributed by atoms with Crippen molar-refractivity contribution in [3.63, 3.8) is 0 Å². The van der Waals surface area contributed by atoms with Crippen molar-refractivity contribution in [3.8, 4) is 0 Å². The van der Waals surface area contributed by atoms with Gasteiger partial charge in [0.15, 0.2) is 0 Å². The fraction of sp³-hybridized carbons (Fsp3) is 0.312. The second-order valence-electron chi connectivity index (χ2n) is 4.85. The molecule has 118 valence electrons. The van der Waals surface area contributed by atoms with Gasteiger partial charge in [0, 0.05) is 10.9 Å². The maximum Gasteiger partial charge on any atom is 0.319 e. The summed E-state index contributed by atoms with van der Waals surface area (Å²) in [5, 5.41) is 15.2. The van der Waals surface area contributed by atoms with E-state index in [0.717, 1.165) is 5.56 Å². The highest BCUT2D eigenvalue weighted by atomic mass is 32.2. The van der Waals surface area contributed by atoms with E-state index in [1.165, 1.54) is 6.26 Å². The number of amides is 2. The van der Waals surface area contributed by atoms with Crippen LogP contribution >= 0.6 is 11.8 Å². The van der Waals surface area contributed by atoms with E-state index in [-0.39, 0.29) is 12.6 Å². The maximum atomic E-state index is 12.0. The lowest BCUT2D eigenvalue weighted by atomic mass is 10.1. The fourth-order valence-corrected chi connectivity index (χ4v) is 2.45. The number of benzene rings is 1. The van der Waals surface area contributed by atoms with E-state index >= 15 is 0 Å². The molecule has 2 unspecified atom stereocenters. The Hall–Kier alpha value is -1.92. The molecule has 0 bridgehead atoms. The summed E-state index contributed by atoms with van der Waals surface area (Å²) in [6.07, 6.45) is 3.55. The molecule has 0 aliphatic heterocycles. The molecule has 2 atom stereocenters. The number of rotatable bonds is 6. The summed E-state index contributed by atoms with van der Waals surface area (Å²) in [4.78, 5) is 12.0. The molecule has 0 fully saturated rings. The van der Waals surface area contributed by atoms with E-state index in [2.05, 4.69) is 17.6 Å². The third-order valence-electron chi connectivity index (χ3n) is 3.34. The molecule has 2 amide bonds. The van der Waals surface area contributed by atoms with Gasteiger partial charge in [0.1, 0.15) is 11.8 Å². The molecule has 1 aromatic carbocycles. The van der Waals surface area contributed by atoms with Crippen LogP contribution in [0.2, 0.25) is 0 Å². The predicted molar refractivity (Wildman–Crippen MR) is 89.1 cm³/mol. The van der Waals surface area contributed by atoms with Crippen molar-refractivity contribution in [2.75, 3.05) is 18.2 Å². The molecule has 0 saturated carbocycles. The molecule has 1 aromatic heterocycles. The third-order valence-corrected chi connectivity index (χ3v) is 4.32. The number of urea groups is 1. The third kappa shape index (κ3) is 4.29. The number of furan rings is 1. The van der Waals surface area contributed by atoms with Crippen molar-refractivity contribution < 1.29 is 14.3 Å². The van der Waals surface area contributed by atoms with Gasteiger partial charge in [-0.25, -0.2) is 4.79 Å². The van der Waals surface area contributed by atoms with Crippen LogP contribution in [-0.4, -0.2) is 24.0 Å². The van der Waals surface area contributed by atoms with Gasteiger partial charge >= 0.3 is 6.03 Å². The highest BCUT2D eigenvalue weighted by Crippen LogP contribution is 2.27. The molecule has 3 N–H and O–H groups in total. The number of aliphatic hydroxyl groups excluding tert-OH is 1. The van der Waals surface area contributed by atoms with Gasteiger partial charge in [-0.2, -0.15) is 11.8 Å². The van der Waals surface area contributed by atoms with E-state index < -0.39 is 6.04 Å². The maximum absolute atomic E-state index is 12.0. The zero-order chi connectivity index (χ0) is 15.9. The minimum atomic E-state index is -0.566. The molecule has 2 aromatic rings. The summed E-state index contributed by atoms with van der Waals surface area (Å²) < 4.78 is 5.20. The normalized spacial score (nSPS) is 13.4. The van der Waals surface area contributed by atoms with E-state index in [1.807, 2.05) is 30.5 Å². The SMILES string of the molecule is CSC(C)c1cccc(NC(=O)NC(CO)c2ccco2)c1. The Morgan fingerprint density at radius 2 is 2.18 bits per heavy atom. The van der Waals surface area contributed by atoms with E-state index in [1.54, 1.807) is 23.9 Å². The van der Waals surface area contributed by atoms with Gasteiger partial charge in [-0.1, -0.05) is 12.1 Å². The molecule has 0 radical (unpaired) electrons. The number of anilines is 1. The summed E-state index contributed by atoms with van der Waals surface area (Å²) in [5.74, 6) is 0.516. The molecule has 2 rings (SSSR count). The van der Waals surface area contributed by atoms with Gasteiger partial charge in [0.2, 0.25) is 0 Å². The topological polar surface area (TPSA) is 74.5 Å². The number of nitrogens with one attached hydrogen (secondary N) is 2. The lowest BCUT2D eigenvalue weighted by Crippen LogP contribution is -2.34. The van der Waals surface area contributed by atoms with Gasteiger partial charge < -0.3 is 20.2 Å². The molecule has 0 aliphatic carbocycles. The van der Waals surface area contributed by atoms with E-state index in [0.29, 0.717) is 16.7 Å². The number of thioether (sulfide) groups is 1. The number of carbonyl (C=O) groups is 1. The Balaban J connectivity index is 1.99. The average Bonchev–Trinajstić information content (AvgIpc) is 3.06. The summed E-state index contributed by atoms with van der Waals surface area (Å²) in [5.41, 5.74) is 1.86. The van der Waals surface area contributed by atoms with Crippen LogP contribution in [0.4, 0.5) is 10.5 Å². The Morgan fingerprint density at radius 3 is 2.82 bits per heavy atom. The molecule has 22 heavy (non-hydrogen) atoms. The van der Waals surface area contributed by atoms with Gasteiger partial charge in [0.25, 0.3) is 0 Å². The van der Waals surface area contributed by atoms with Crippen molar-refractivity contribution in [2.45, 2.75) is 18.2 Å². The van der Waals surface area contributed by atoms with Crippen molar-refractivity contribution >= 4 is 23.5 Å². The van der Waals surface area contributed by atoms with Crippen LogP contribution in [-0.2, 0) is 0 Å². The van der Waals surface area contributed by atoms with Crippen molar-refractivity contribution in [2.24, 2.45) is 0 Å². The first kappa shape index (κ1) is 16.5. The summed E-state index contributed by atoms with van der Waals surface area (Å²) in [7, 11) is 0. The van der Waals surface area contributed by atoms with Crippen molar-refractivity contribution in [3.05, 3.63) is 54.0 Å². The second kappa shape index (κ2) is 7.91. The first-order chi connectivity index (χ1) is 10.6. The van der Waals surface area contributed by atoms with Gasteiger partial charge in [0.05, 0.1) is 12.9 Å². The predicted octanol–water partition coefficient (Wildman–Crippen LogP) is 3.56. The zero-order valence-electron chi connectivity index (χ0n) is 12.6. The summed E-state index contributed by atoms with van der Waals surface area (Å²) >= 11 is 1.74. The average molecular weight is 320 g/mol. The number of hydrogen-bond acceptors (Lipinski definition) is 4. The minimum Gasteiger partial charge on any atom is -0.467 e. The Morgan fingerprint density at radius 1 is 1.36 bits per heavy atom. The number of carbonyl (C=O) groups excluding carboxylic acids is 1. The summed E-state index contributed by atoms with van der Waals surface area (Å²) in [6.45, 7) is 1.88. The van der Waals surface area contributed by atoms with Crippen molar-refractivity contribution in [1.82, 2.24) is 5.32 Å². The highest BCUT2D eigenvalue weighted by Gasteiger charge is 2.16. The lowest BCUT2D eigenvalue weighted by Gasteiger charge is -2.15. The molecular weight excluding hydrogens is 300 g/mol. The highest BCUT2D eigenvalue weighted by molar-refractivity contribution is 7.98. The molecule has 6 heteroatoms. The van der Waals surface area contributed by atoms with E-state index in [4.69, 9.17) is 4.42 Å². The number of aliphatic hydroxyl groups is 1. The number of hydrogen-bond donors (Lipinski definition) is 3. The monoisotopic (exact) mass is 320 g/mol. The van der Waals surface area contributed by atoms with Crippen LogP contribution in [0.3, 0.4) is 0 Å². The minimum absolute atomic E-state index is 0.232. The second-order valence-corrected chi connectivity index (χ2v) is 6.03. The first-order valence-electron chi connectivity index (χ1n) is 6.98. The first-order valence-corrected chi connectivity index (χ1v) is 8.27.